The summed E-state index contributed by atoms with van der Waals surface area (Å²) < 4.78 is 5.68. The zero-order chi connectivity index (χ0) is 17.5. The first kappa shape index (κ1) is 18.1. The summed E-state index contributed by atoms with van der Waals surface area (Å²) in [5.74, 6) is 1.16. The van der Waals surface area contributed by atoms with E-state index in [1.54, 1.807) is 0 Å². The van der Waals surface area contributed by atoms with Crippen molar-refractivity contribution in [2.75, 3.05) is 6.61 Å². The summed E-state index contributed by atoms with van der Waals surface area (Å²) in [5, 5.41) is 3.10. The Morgan fingerprint density at radius 2 is 1.79 bits per heavy atom. The van der Waals surface area contributed by atoms with Gasteiger partial charge in [0.25, 0.3) is 5.91 Å². The van der Waals surface area contributed by atoms with Crippen molar-refractivity contribution >= 4 is 5.91 Å². The molecule has 2 aromatic rings. The molecule has 0 heterocycles. The van der Waals surface area contributed by atoms with Gasteiger partial charge in [0.05, 0.1) is 6.04 Å². The number of carbonyl (C=O) groups is 1. The average molecular weight is 325 g/mol. The number of carbonyl (C=O) groups excluding carboxylic acids is 1. The topological polar surface area (TPSA) is 38.3 Å². The lowest BCUT2D eigenvalue weighted by atomic mass is 9.97. The van der Waals surface area contributed by atoms with E-state index in [0.29, 0.717) is 5.92 Å². The molecule has 3 heteroatoms. The average Bonchev–Trinajstić information content (AvgIpc) is 2.54. The predicted octanol–water partition coefficient (Wildman–Crippen LogP) is 4.59. The van der Waals surface area contributed by atoms with Crippen LogP contribution in [-0.4, -0.2) is 12.5 Å². The number of rotatable bonds is 7. The Kier molecular flexibility index (Phi) is 6.42. The SMILES string of the molecule is Cc1ccc(OCC(=O)NC(CC(C)C)c2ccccc2)c(C)c1. The fourth-order valence-electron chi connectivity index (χ4n) is 2.78. The van der Waals surface area contributed by atoms with Crippen molar-refractivity contribution < 1.29 is 9.53 Å². The Hall–Kier alpha value is -2.29. The molecular formula is C21H27NO2. The summed E-state index contributed by atoms with van der Waals surface area (Å²) in [5.41, 5.74) is 3.36. The Morgan fingerprint density at radius 3 is 2.42 bits per heavy atom. The summed E-state index contributed by atoms with van der Waals surface area (Å²) in [6.07, 6.45) is 0.902. The van der Waals surface area contributed by atoms with Gasteiger partial charge in [-0.3, -0.25) is 4.79 Å². The van der Waals surface area contributed by atoms with E-state index in [0.717, 1.165) is 23.3 Å². The molecule has 1 N–H and O–H groups in total. The number of aryl methyl sites for hydroxylation is 2. The molecule has 0 saturated heterocycles. The molecule has 0 aliphatic rings. The van der Waals surface area contributed by atoms with Gasteiger partial charge in [0.1, 0.15) is 5.75 Å². The van der Waals surface area contributed by atoms with Gasteiger partial charge in [0, 0.05) is 0 Å². The van der Waals surface area contributed by atoms with Crippen LogP contribution in [-0.2, 0) is 4.79 Å². The van der Waals surface area contributed by atoms with Gasteiger partial charge in [-0.2, -0.15) is 0 Å². The van der Waals surface area contributed by atoms with Crippen LogP contribution in [0.3, 0.4) is 0 Å². The number of hydrogen-bond acceptors (Lipinski definition) is 2. The molecule has 0 spiro atoms. The van der Waals surface area contributed by atoms with Crippen LogP contribution in [0.15, 0.2) is 48.5 Å². The van der Waals surface area contributed by atoms with E-state index in [1.165, 1.54) is 5.56 Å². The van der Waals surface area contributed by atoms with E-state index in [1.807, 2.05) is 44.2 Å². The van der Waals surface area contributed by atoms with Gasteiger partial charge in [-0.05, 0) is 43.4 Å². The van der Waals surface area contributed by atoms with Crippen molar-refractivity contribution in [3.63, 3.8) is 0 Å². The van der Waals surface area contributed by atoms with Crippen LogP contribution in [0, 0.1) is 19.8 Å². The quantitative estimate of drug-likeness (QED) is 0.809. The number of nitrogens with one attached hydrogen (secondary N) is 1. The first-order chi connectivity index (χ1) is 11.5. The maximum atomic E-state index is 12.3. The van der Waals surface area contributed by atoms with Gasteiger partial charge in [-0.25, -0.2) is 0 Å². The van der Waals surface area contributed by atoms with Crippen molar-refractivity contribution in [3.05, 3.63) is 65.2 Å². The van der Waals surface area contributed by atoms with E-state index in [2.05, 4.69) is 37.4 Å². The molecular weight excluding hydrogens is 298 g/mol. The van der Waals surface area contributed by atoms with Crippen LogP contribution in [0.25, 0.3) is 0 Å². The molecule has 2 aromatic carbocycles. The van der Waals surface area contributed by atoms with E-state index < -0.39 is 0 Å². The van der Waals surface area contributed by atoms with Crippen molar-refractivity contribution in [2.45, 2.75) is 40.2 Å². The van der Waals surface area contributed by atoms with E-state index in [-0.39, 0.29) is 18.6 Å². The first-order valence-electron chi connectivity index (χ1n) is 8.50. The highest BCUT2D eigenvalue weighted by atomic mass is 16.5. The van der Waals surface area contributed by atoms with Gasteiger partial charge in [0.15, 0.2) is 6.61 Å². The fraction of sp³-hybridized carbons (Fsp3) is 0.381. The maximum absolute atomic E-state index is 12.3. The molecule has 0 saturated carbocycles. The minimum Gasteiger partial charge on any atom is -0.484 e. The van der Waals surface area contributed by atoms with Crippen LogP contribution in [0.5, 0.6) is 5.75 Å². The Bertz CT molecular complexity index is 665. The molecule has 0 aliphatic heterocycles. The molecule has 0 fully saturated rings. The number of amides is 1. The van der Waals surface area contributed by atoms with Crippen molar-refractivity contribution in [1.29, 1.82) is 0 Å². The van der Waals surface area contributed by atoms with Crippen LogP contribution in [0.4, 0.5) is 0 Å². The summed E-state index contributed by atoms with van der Waals surface area (Å²) in [7, 11) is 0. The third-order valence-corrected chi connectivity index (χ3v) is 3.93. The fourth-order valence-corrected chi connectivity index (χ4v) is 2.78. The molecule has 0 radical (unpaired) electrons. The lowest BCUT2D eigenvalue weighted by molar-refractivity contribution is -0.124. The van der Waals surface area contributed by atoms with Crippen LogP contribution < -0.4 is 10.1 Å². The monoisotopic (exact) mass is 325 g/mol. The second-order valence-corrected chi connectivity index (χ2v) is 6.72. The van der Waals surface area contributed by atoms with Crippen molar-refractivity contribution in [1.82, 2.24) is 5.32 Å². The zero-order valence-corrected chi connectivity index (χ0v) is 15.0. The number of benzene rings is 2. The lowest BCUT2D eigenvalue weighted by Crippen LogP contribution is -2.33. The van der Waals surface area contributed by atoms with Gasteiger partial charge < -0.3 is 10.1 Å². The molecule has 1 atom stereocenters. The van der Waals surface area contributed by atoms with Crippen LogP contribution >= 0.6 is 0 Å². The van der Waals surface area contributed by atoms with E-state index >= 15 is 0 Å². The summed E-state index contributed by atoms with van der Waals surface area (Å²) >= 11 is 0. The normalized spacial score (nSPS) is 12.0. The number of ether oxygens (including phenoxy) is 1. The molecule has 1 amide bonds. The van der Waals surface area contributed by atoms with Crippen LogP contribution in [0.1, 0.15) is 43.0 Å². The van der Waals surface area contributed by atoms with Gasteiger partial charge in [-0.1, -0.05) is 61.9 Å². The highest BCUT2D eigenvalue weighted by molar-refractivity contribution is 5.78. The summed E-state index contributed by atoms with van der Waals surface area (Å²) in [6, 6.07) is 16.1. The highest BCUT2D eigenvalue weighted by Gasteiger charge is 2.16. The Labute approximate surface area is 145 Å². The van der Waals surface area contributed by atoms with Crippen molar-refractivity contribution in [3.8, 4) is 5.75 Å². The maximum Gasteiger partial charge on any atom is 0.258 e. The molecule has 3 nitrogen and oxygen atoms in total. The van der Waals surface area contributed by atoms with Crippen LogP contribution in [0.2, 0.25) is 0 Å². The smallest absolute Gasteiger partial charge is 0.258 e. The van der Waals surface area contributed by atoms with Crippen molar-refractivity contribution in [2.24, 2.45) is 5.92 Å². The second kappa shape index (κ2) is 8.53. The van der Waals surface area contributed by atoms with E-state index in [4.69, 9.17) is 4.74 Å². The van der Waals surface area contributed by atoms with Gasteiger partial charge in [0.2, 0.25) is 0 Å². The Balaban J connectivity index is 1.97. The lowest BCUT2D eigenvalue weighted by Gasteiger charge is -2.21. The van der Waals surface area contributed by atoms with Gasteiger partial charge >= 0.3 is 0 Å². The minimum absolute atomic E-state index is 0.0152. The molecule has 0 bridgehead atoms. The molecule has 2 rings (SSSR count). The predicted molar refractivity (Wildman–Crippen MR) is 98.2 cm³/mol. The third-order valence-electron chi connectivity index (χ3n) is 3.93. The molecule has 0 aromatic heterocycles. The van der Waals surface area contributed by atoms with E-state index in [9.17, 15) is 4.79 Å². The Morgan fingerprint density at radius 1 is 1.08 bits per heavy atom. The summed E-state index contributed by atoms with van der Waals surface area (Å²) in [4.78, 5) is 12.3. The molecule has 1 unspecified atom stereocenters. The molecule has 128 valence electrons. The summed E-state index contributed by atoms with van der Waals surface area (Å²) in [6.45, 7) is 8.39. The third kappa shape index (κ3) is 5.41. The zero-order valence-electron chi connectivity index (χ0n) is 15.0. The standard InChI is InChI=1S/C21H27NO2/c1-15(2)12-19(18-8-6-5-7-9-18)22-21(23)14-24-20-11-10-16(3)13-17(20)4/h5-11,13,15,19H,12,14H2,1-4H3,(H,22,23). The second-order valence-electron chi connectivity index (χ2n) is 6.72. The highest BCUT2D eigenvalue weighted by Crippen LogP contribution is 2.21. The van der Waals surface area contributed by atoms with Gasteiger partial charge in [-0.15, -0.1) is 0 Å². The molecule has 24 heavy (non-hydrogen) atoms. The largest absolute Gasteiger partial charge is 0.484 e. The number of hydrogen-bond donors (Lipinski definition) is 1. The molecule has 0 aliphatic carbocycles. The minimum atomic E-state index is -0.0931. The first-order valence-corrected chi connectivity index (χ1v) is 8.50.